The lowest BCUT2D eigenvalue weighted by atomic mass is 9.96. The number of piperidine rings is 1. The number of hydrogen-bond donors (Lipinski definition) is 1. The Kier molecular flexibility index (Phi) is 5.94. The summed E-state index contributed by atoms with van der Waals surface area (Å²) in [5, 5.41) is 3.41. The molecular formula is C16H28N4O. The van der Waals surface area contributed by atoms with E-state index in [4.69, 9.17) is 9.72 Å². The molecule has 2 atom stereocenters. The van der Waals surface area contributed by atoms with Crippen LogP contribution in [0.5, 0.6) is 0 Å². The van der Waals surface area contributed by atoms with E-state index >= 15 is 0 Å². The second-order valence-electron chi connectivity index (χ2n) is 6.38. The summed E-state index contributed by atoms with van der Waals surface area (Å²) in [5.74, 6) is 2.22. The van der Waals surface area contributed by atoms with E-state index < -0.39 is 0 Å². The molecule has 2 rings (SSSR count). The highest BCUT2D eigenvalue weighted by Gasteiger charge is 2.26. The van der Waals surface area contributed by atoms with Gasteiger partial charge in [0.2, 0.25) is 0 Å². The van der Waals surface area contributed by atoms with Crippen molar-refractivity contribution in [2.24, 2.45) is 11.8 Å². The molecule has 1 saturated heterocycles. The molecule has 118 valence electrons. The topological polar surface area (TPSA) is 50.3 Å². The van der Waals surface area contributed by atoms with Crippen molar-refractivity contribution in [1.82, 2.24) is 15.3 Å². The van der Waals surface area contributed by atoms with Gasteiger partial charge in [0.1, 0.15) is 5.82 Å². The maximum atomic E-state index is 5.57. The van der Waals surface area contributed by atoms with Crippen molar-refractivity contribution in [1.29, 1.82) is 0 Å². The molecule has 0 radical (unpaired) electrons. The number of nitrogens with zero attached hydrogens (tertiary/aromatic N) is 3. The molecule has 5 heteroatoms. The molecular weight excluding hydrogens is 264 g/mol. The fourth-order valence-corrected chi connectivity index (χ4v) is 2.67. The maximum absolute atomic E-state index is 5.57. The molecule has 2 heterocycles. The monoisotopic (exact) mass is 292 g/mol. The number of methoxy groups -OCH3 is 1. The summed E-state index contributed by atoms with van der Waals surface area (Å²) >= 11 is 0. The standard InChI is InChI=1S/C16H28N4O/c1-12(2)7-17-8-14-9-18-10-16(19-14)20-6-5-13(3)15(11-20)21-4/h9-10,12-13,15,17H,5-8,11H2,1-4H3. The summed E-state index contributed by atoms with van der Waals surface area (Å²) in [4.78, 5) is 11.4. The summed E-state index contributed by atoms with van der Waals surface area (Å²) < 4.78 is 5.57. The van der Waals surface area contributed by atoms with Crippen molar-refractivity contribution >= 4 is 5.82 Å². The zero-order valence-electron chi connectivity index (χ0n) is 13.7. The van der Waals surface area contributed by atoms with Crippen LogP contribution in [0.25, 0.3) is 0 Å². The molecule has 0 aliphatic carbocycles. The van der Waals surface area contributed by atoms with Crippen molar-refractivity contribution in [2.45, 2.75) is 39.8 Å². The zero-order valence-corrected chi connectivity index (χ0v) is 13.7. The molecule has 1 aliphatic heterocycles. The van der Waals surface area contributed by atoms with Crippen molar-refractivity contribution in [3.63, 3.8) is 0 Å². The molecule has 1 fully saturated rings. The van der Waals surface area contributed by atoms with Gasteiger partial charge in [-0.15, -0.1) is 0 Å². The molecule has 1 N–H and O–H groups in total. The first-order chi connectivity index (χ1) is 10.1. The minimum atomic E-state index is 0.281. The van der Waals surface area contributed by atoms with Crippen LogP contribution in [-0.2, 0) is 11.3 Å². The van der Waals surface area contributed by atoms with Crippen LogP contribution < -0.4 is 10.2 Å². The first kappa shape index (κ1) is 16.2. The van der Waals surface area contributed by atoms with Crippen LogP contribution in [-0.4, -0.2) is 42.8 Å². The predicted molar refractivity (Wildman–Crippen MR) is 85.4 cm³/mol. The molecule has 0 amide bonds. The number of nitrogens with one attached hydrogen (secondary N) is 1. The van der Waals surface area contributed by atoms with Gasteiger partial charge in [-0.25, -0.2) is 4.98 Å². The number of hydrogen-bond acceptors (Lipinski definition) is 5. The van der Waals surface area contributed by atoms with Gasteiger partial charge >= 0.3 is 0 Å². The van der Waals surface area contributed by atoms with E-state index in [9.17, 15) is 0 Å². The Morgan fingerprint density at radius 1 is 1.43 bits per heavy atom. The highest BCUT2D eigenvalue weighted by atomic mass is 16.5. The van der Waals surface area contributed by atoms with Gasteiger partial charge in [0, 0.05) is 32.9 Å². The fraction of sp³-hybridized carbons (Fsp3) is 0.750. The number of ether oxygens (including phenoxy) is 1. The Hall–Kier alpha value is -1.20. The van der Waals surface area contributed by atoms with E-state index in [1.807, 2.05) is 12.4 Å². The lowest BCUT2D eigenvalue weighted by Gasteiger charge is -2.36. The van der Waals surface area contributed by atoms with Crippen LogP contribution in [0.15, 0.2) is 12.4 Å². The third kappa shape index (κ3) is 4.64. The SMILES string of the molecule is COC1CN(c2cncc(CNCC(C)C)n2)CCC1C. The molecule has 1 aromatic rings. The van der Waals surface area contributed by atoms with Crippen molar-refractivity contribution in [3.05, 3.63) is 18.1 Å². The maximum Gasteiger partial charge on any atom is 0.147 e. The largest absolute Gasteiger partial charge is 0.379 e. The van der Waals surface area contributed by atoms with Crippen LogP contribution in [0.4, 0.5) is 5.82 Å². The van der Waals surface area contributed by atoms with Gasteiger partial charge in [-0.05, 0) is 24.8 Å². The Labute approximate surface area is 128 Å². The lowest BCUT2D eigenvalue weighted by molar-refractivity contribution is 0.0496. The summed E-state index contributed by atoms with van der Waals surface area (Å²) in [6.45, 7) is 10.4. The lowest BCUT2D eigenvalue weighted by Crippen LogP contribution is -2.44. The van der Waals surface area contributed by atoms with Gasteiger partial charge in [0.05, 0.1) is 18.0 Å². The van der Waals surface area contributed by atoms with Crippen molar-refractivity contribution in [3.8, 4) is 0 Å². The van der Waals surface area contributed by atoms with Crippen LogP contribution in [0, 0.1) is 11.8 Å². The first-order valence-electron chi connectivity index (χ1n) is 7.89. The summed E-state index contributed by atoms with van der Waals surface area (Å²) in [6, 6.07) is 0. The number of aromatic nitrogens is 2. The highest BCUT2D eigenvalue weighted by molar-refractivity contribution is 5.37. The van der Waals surface area contributed by atoms with Crippen LogP contribution in [0.1, 0.15) is 32.9 Å². The quantitative estimate of drug-likeness (QED) is 0.870. The summed E-state index contributed by atoms with van der Waals surface area (Å²) in [6.07, 6.45) is 5.12. The summed E-state index contributed by atoms with van der Waals surface area (Å²) in [5.41, 5.74) is 1.00. The molecule has 5 nitrogen and oxygen atoms in total. The second kappa shape index (κ2) is 7.71. The average molecular weight is 292 g/mol. The molecule has 0 saturated carbocycles. The Morgan fingerprint density at radius 3 is 2.95 bits per heavy atom. The van der Waals surface area contributed by atoms with Gasteiger partial charge in [0.25, 0.3) is 0 Å². The van der Waals surface area contributed by atoms with Crippen LogP contribution >= 0.6 is 0 Å². The Balaban J connectivity index is 1.97. The van der Waals surface area contributed by atoms with E-state index in [0.717, 1.165) is 44.1 Å². The minimum absolute atomic E-state index is 0.281. The van der Waals surface area contributed by atoms with E-state index in [1.54, 1.807) is 7.11 Å². The van der Waals surface area contributed by atoms with Crippen molar-refractivity contribution < 1.29 is 4.74 Å². The van der Waals surface area contributed by atoms with Crippen molar-refractivity contribution in [2.75, 3.05) is 31.6 Å². The highest BCUT2D eigenvalue weighted by Crippen LogP contribution is 2.23. The average Bonchev–Trinajstić information content (AvgIpc) is 2.47. The number of anilines is 1. The Morgan fingerprint density at radius 2 is 2.24 bits per heavy atom. The van der Waals surface area contributed by atoms with Crippen LogP contribution in [0.3, 0.4) is 0 Å². The van der Waals surface area contributed by atoms with E-state index in [0.29, 0.717) is 11.8 Å². The Bertz CT molecular complexity index is 438. The molecule has 1 aliphatic rings. The minimum Gasteiger partial charge on any atom is -0.379 e. The molecule has 0 spiro atoms. The molecule has 1 aromatic heterocycles. The predicted octanol–water partition coefficient (Wildman–Crippen LogP) is 2.08. The zero-order chi connectivity index (χ0) is 15.2. The molecule has 0 aromatic carbocycles. The second-order valence-corrected chi connectivity index (χ2v) is 6.38. The van der Waals surface area contributed by atoms with E-state index in [1.165, 1.54) is 0 Å². The molecule has 21 heavy (non-hydrogen) atoms. The van der Waals surface area contributed by atoms with Gasteiger partial charge in [-0.1, -0.05) is 20.8 Å². The van der Waals surface area contributed by atoms with Gasteiger partial charge in [-0.2, -0.15) is 0 Å². The fourth-order valence-electron chi connectivity index (χ4n) is 2.67. The van der Waals surface area contributed by atoms with Gasteiger partial charge in [-0.3, -0.25) is 4.98 Å². The smallest absolute Gasteiger partial charge is 0.147 e. The normalized spacial score (nSPS) is 22.8. The van der Waals surface area contributed by atoms with Crippen LogP contribution in [0.2, 0.25) is 0 Å². The summed E-state index contributed by atoms with van der Waals surface area (Å²) in [7, 11) is 1.79. The van der Waals surface area contributed by atoms with E-state index in [2.05, 4.69) is 36.0 Å². The van der Waals surface area contributed by atoms with E-state index in [-0.39, 0.29) is 6.10 Å². The molecule has 2 unspecified atom stereocenters. The molecule has 0 bridgehead atoms. The van der Waals surface area contributed by atoms with Gasteiger partial charge < -0.3 is 15.0 Å². The first-order valence-corrected chi connectivity index (χ1v) is 7.89. The third-order valence-electron chi connectivity index (χ3n) is 4.05. The third-order valence-corrected chi connectivity index (χ3v) is 4.05. The number of rotatable bonds is 6. The van der Waals surface area contributed by atoms with Gasteiger partial charge in [0.15, 0.2) is 0 Å².